The molecule has 0 spiro atoms. The number of carbonyl (C=O) groups is 1. The van der Waals surface area contributed by atoms with Crippen molar-refractivity contribution < 1.29 is 14.3 Å². The smallest absolute Gasteiger partial charge is 0.253 e. The fourth-order valence-corrected chi connectivity index (χ4v) is 1.73. The van der Waals surface area contributed by atoms with Crippen LogP contribution in [-0.4, -0.2) is 45.2 Å². The number of rotatable bonds is 5. The number of methoxy groups -OCH3 is 2. The summed E-state index contributed by atoms with van der Waals surface area (Å²) in [6.07, 6.45) is 0. The first-order valence-electron chi connectivity index (χ1n) is 5.73. The van der Waals surface area contributed by atoms with Gasteiger partial charge >= 0.3 is 0 Å². The van der Waals surface area contributed by atoms with Crippen LogP contribution in [0.4, 0.5) is 0 Å². The van der Waals surface area contributed by atoms with Crippen LogP contribution in [0.5, 0.6) is 11.5 Å². The second-order valence-electron chi connectivity index (χ2n) is 4.02. The summed E-state index contributed by atoms with van der Waals surface area (Å²) in [7, 11) is 4.85. The fraction of sp³-hybridized carbons (Fsp3) is 0.462. The van der Waals surface area contributed by atoms with E-state index >= 15 is 0 Å². The van der Waals surface area contributed by atoms with Crippen LogP contribution in [0.2, 0.25) is 0 Å². The van der Waals surface area contributed by atoms with Crippen molar-refractivity contribution in [2.75, 3.05) is 34.4 Å². The number of amides is 1. The molecule has 0 fully saturated rings. The van der Waals surface area contributed by atoms with Gasteiger partial charge in [0.2, 0.25) is 0 Å². The molecule has 0 radical (unpaired) electrons. The molecule has 5 heteroatoms. The van der Waals surface area contributed by atoms with Gasteiger partial charge in [-0.3, -0.25) is 4.79 Å². The lowest BCUT2D eigenvalue weighted by Gasteiger charge is -2.18. The quantitative estimate of drug-likeness (QED) is 0.850. The molecule has 0 heterocycles. The summed E-state index contributed by atoms with van der Waals surface area (Å²) in [6, 6.07) is 3.43. The van der Waals surface area contributed by atoms with Gasteiger partial charge in [0.15, 0.2) is 0 Å². The number of ether oxygens (including phenoxy) is 2. The van der Waals surface area contributed by atoms with Crippen molar-refractivity contribution in [3.05, 3.63) is 23.3 Å². The third-order valence-electron chi connectivity index (χ3n) is 2.81. The number of benzene rings is 1. The molecular formula is C13H20N2O3. The Morgan fingerprint density at radius 1 is 1.28 bits per heavy atom. The predicted octanol–water partition coefficient (Wildman–Crippen LogP) is 1.04. The van der Waals surface area contributed by atoms with Crippen LogP contribution in [0.15, 0.2) is 12.1 Å². The summed E-state index contributed by atoms with van der Waals surface area (Å²) in [6.45, 7) is 2.83. The van der Waals surface area contributed by atoms with E-state index in [1.807, 2.05) is 6.92 Å². The molecule has 1 aromatic rings. The first-order valence-corrected chi connectivity index (χ1v) is 5.73. The number of likely N-dealkylation sites (N-methyl/N-ethyl adjacent to an activating group) is 1. The molecular weight excluding hydrogens is 232 g/mol. The molecule has 1 amide bonds. The minimum atomic E-state index is -0.1000. The molecule has 0 saturated carbocycles. The summed E-state index contributed by atoms with van der Waals surface area (Å²) in [4.78, 5) is 13.7. The van der Waals surface area contributed by atoms with Gasteiger partial charge in [-0.15, -0.1) is 0 Å². The summed E-state index contributed by atoms with van der Waals surface area (Å²) in [5, 5.41) is 0. The van der Waals surface area contributed by atoms with Gasteiger partial charge in [-0.05, 0) is 19.1 Å². The largest absolute Gasteiger partial charge is 0.496 e. The zero-order valence-corrected chi connectivity index (χ0v) is 11.3. The summed E-state index contributed by atoms with van der Waals surface area (Å²) >= 11 is 0. The van der Waals surface area contributed by atoms with E-state index in [0.717, 1.165) is 5.56 Å². The van der Waals surface area contributed by atoms with Crippen molar-refractivity contribution in [3.8, 4) is 11.5 Å². The first kappa shape index (κ1) is 14.3. The van der Waals surface area contributed by atoms with E-state index in [2.05, 4.69) is 0 Å². The van der Waals surface area contributed by atoms with E-state index in [1.165, 1.54) is 0 Å². The molecule has 1 aromatic carbocycles. The van der Waals surface area contributed by atoms with E-state index in [0.29, 0.717) is 30.2 Å². The molecule has 1 rings (SSSR count). The fourth-order valence-electron chi connectivity index (χ4n) is 1.73. The SMILES string of the molecule is COc1cc(C(=O)N(C)CCN)cc(OC)c1C. The monoisotopic (exact) mass is 252 g/mol. The van der Waals surface area contributed by atoms with Crippen molar-refractivity contribution in [2.45, 2.75) is 6.92 Å². The number of hydrogen-bond acceptors (Lipinski definition) is 4. The van der Waals surface area contributed by atoms with E-state index in [-0.39, 0.29) is 5.91 Å². The zero-order valence-electron chi connectivity index (χ0n) is 11.3. The Hall–Kier alpha value is -1.75. The third-order valence-corrected chi connectivity index (χ3v) is 2.81. The Morgan fingerprint density at radius 3 is 2.17 bits per heavy atom. The Labute approximate surface area is 107 Å². The maximum absolute atomic E-state index is 12.1. The van der Waals surface area contributed by atoms with E-state index in [1.54, 1.807) is 38.3 Å². The molecule has 0 aliphatic heterocycles. The van der Waals surface area contributed by atoms with Crippen LogP contribution in [0, 0.1) is 6.92 Å². The topological polar surface area (TPSA) is 64.8 Å². The molecule has 0 aliphatic carbocycles. The Balaban J connectivity index is 3.13. The van der Waals surface area contributed by atoms with Gasteiger partial charge in [0, 0.05) is 31.3 Å². The first-order chi connectivity index (χ1) is 8.54. The third kappa shape index (κ3) is 2.92. The maximum atomic E-state index is 12.1. The molecule has 5 nitrogen and oxygen atoms in total. The lowest BCUT2D eigenvalue weighted by Crippen LogP contribution is -2.31. The van der Waals surface area contributed by atoms with Crippen molar-refractivity contribution >= 4 is 5.91 Å². The second kappa shape index (κ2) is 6.26. The van der Waals surface area contributed by atoms with Gasteiger partial charge in [-0.2, -0.15) is 0 Å². The van der Waals surface area contributed by atoms with E-state index in [9.17, 15) is 4.79 Å². The molecule has 100 valence electrons. The van der Waals surface area contributed by atoms with Gasteiger partial charge in [0.05, 0.1) is 14.2 Å². The number of nitrogens with two attached hydrogens (primary N) is 1. The van der Waals surface area contributed by atoms with Gasteiger partial charge in [0.1, 0.15) is 11.5 Å². The Bertz CT molecular complexity index is 407. The van der Waals surface area contributed by atoms with Crippen LogP contribution in [0.1, 0.15) is 15.9 Å². The number of nitrogens with zero attached hydrogens (tertiary/aromatic N) is 1. The standard InChI is InChI=1S/C13H20N2O3/c1-9-11(17-3)7-10(8-12(9)18-4)13(16)15(2)6-5-14/h7-8H,5-6,14H2,1-4H3. The van der Waals surface area contributed by atoms with Gasteiger partial charge < -0.3 is 20.1 Å². The minimum Gasteiger partial charge on any atom is -0.496 e. The second-order valence-corrected chi connectivity index (χ2v) is 4.02. The average molecular weight is 252 g/mol. The van der Waals surface area contributed by atoms with Crippen LogP contribution in [0.3, 0.4) is 0 Å². The van der Waals surface area contributed by atoms with E-state index < -0.39 is 0 Å². The maximum Gasteiger partial charge on any atom is 0.253 e. The van der Waals surface area contributed by atoms with Crippen molar-refractivity contribution in [2.24, 2.45) is 5.73 Å². The molecule has 0 aliphatic rings. The summed E-state index contributed by atoms with van der Waals surface area (Å²) in [5.74, 6) is 1.18. The molecule has 0 atom stereocenters. The predicted molar refractivity (Wildman–Crippen MR) is 70.3 cm³/mol. The molecule has 2 N–H and O–H groups in total. The highest BCUT2D eigenvalue weighted by atomic mass is 16.5. The summed E-state index contributed by atoms with van der Waals surface area (Å²) < 4.78 is 10.5. The van der Waals surface area contributed by atoms with Gasteiger partial charge in [0.25, 0.3) is 5.91 Å². The molecule has 0 unspecified atom stereocenters. The highest BCUT2D eigenvalue weighted by Crippen LogP contribution is 2.29. The lowest BCUT2D eigenvalue weighted by molar-refractivity contribution is 0.0798. The van der Waals surface area contributed by atoms with Crippen LogP contribution < -0.4 is 15.2 Å². The van der Waals surface area contributed by atoms with Gasteiger partial charge in [-0.25, -0.2) is 0 Å². The Morgan fingerprint density at radius 2 is 1.78 bits per heavy atom. The minimum absolute atomic E-state index is 0.1000. The van der Waals surface area contributed by atoms with Gasteiger partial charge in [-0.1, -0.05) is 0 Å². The van der Waals surface area contributed by atoms with Crippen LogP contribution in [-0.2, 0) is 0 Å². The molecule has 0 aromatic heterocycles. The highest BCUT2D eigenvalue weighted by Gasteiger charge is 2.16. The van der Waals surface area contributed by atoms with Crippen LogP contribution >= 0.6 is 0 Å². The van der Waals surface area contributed by atoms with Crippen molar-refractivity contribution in [1.82, 2.24) is 4.90 Å². The lowest BCUT2D eigenvalue weighted by atomic mass is 10.1. The van der Waals surface area contributed by atoms with Crippen molar-refractivity contribution in [3.63, 3.8) is 0 Å². The van der Waals surface area contributed by atoms with E-state index in [4.69, 9.17) is 15.2 Å². The van der Waals surface area contributed by atoms with Crippen LogP contribution in [0.25, 0.3) is 0 Å². The summed E-state index contributed by atoms with van der Waals surface area (Å²) in [5.41, 5.74) is 6.84. The molecule has 18 heavy (non-hydrogen) atoms. The highest BCUT2D eigenvalue weighted by molar-refractivity contribution is 5.95. The molecule has 0 bridgehead atoms. The molecule has 0 saturated heterocycles. The average Bonchev–Trinajstić information content (AvgIpc) is 2.38. The zero-order chi connectivity index (χ0) is 13.7. The van der Waals surface area contributed by atoms with Crippen molar-refractivity contribution in [1.29, 1.82) is 0 Å². The Kier molecular flexibility index (Phi) is 4.97. The number of hydrogen-bond donors (Lipinski definition) is 1. The normalized spacial score (nSPS) is 10.1. The number of carbonyl (C=O) groups excluding carboxylic acids is 1.